The van der Waals surface area contributed by atoms with E-state index in [0.29, 0.717) is 35.6 Å². The van der Waals surface area contributed by atoms with E-state index in [1.54, 1.807) is 9.08 Å². The first kappa shape index (κ1) is 25.3. The Morgan fingerprint density at radius 1 is 1.11 bits per heavy atom. The SMILES string of the molecule is CCCc1c(Cc2ccc(-c3ccccc3C#N)cc2)c(=O)n(CC(O)C(C)(C)C)c2nc(C)nn12. The second kappa shape index (κ2) is 10.1. The number of fused-ring (bicyclic) bond motifs is 1. The summed E-state index contributed by atoms with van der Waals surface area (Å²) in [6.45, 7) is 9.90. The van der Waals surface area contributed by atoms with Crippen molar-refractivity contribution in [2.45, 2.75) is 66.5 Å². The predicted molar refractivity (Wildman–Crippen MR) is 141 cm³/mol. The summed E-state index contributed by atoms with van der Waals surface area (Å²) in [5.41, 5.74) is 4.46. The molecule has 0 fully saturated rings. The van der Waals surface area contributed by atoms with Crippen molar-refractivity contribution >= 4 is 5.78 Å². The van der Waals surface area contributed by atoms with E-state index in [4.69, 9.17) is 0 Å². The van der Waals surface area contributed by atoms with Gasteiger partial charge in [-0.3, -0.25) is 9.36 Å². The largest absolute Gasteiger partial charge is 0.391 e. The standard InChI is InChI=1S/C29H33N5O2/c1-6-9-25-24(16-20-12-14-21(15-13-20)23-11-8-7-10-22(23)17-30)27(36)33(18-26(35)29(3,4)5)28-31-19(2)32-34(25)28/h7-8,10-15,26,35H,6,9,16,18H2,1-5H3. The number of aryl methyl sites for hydroxylation is 2. The highest BCUT2D eigenvalue weighted by atomic mass is 16.3. The van der Waals surface area contributed by atoms with Crippen molar-refractivity contribution in [3.8, 4) is 17.2 Å². The summed E-state index contributed by atoms with van der Waals surface area (Å²) in [7, 11) is 0. The zero-order chi connectivity index (χ0) is 26.0. The topological polar surface area (TPSA) is 96.2 Å². The fraction of sp³-hybridized carbons (Fsp3) is 0.379. The molecule has 186 valence electrons. The number of aromatic nitrogens is 4. The molecule has 0 bridgehead atoms. The zero-order valence-electron chi connectivity index (χ0n) is 21.6. The van der Waals surface area contributed by atoms with Crippen molar-refractivity contribution < 1.29 is 5.11 Å². The number of aliphatic hydroxyl groups excluding tert-OH is 1. The Labute approximate surface area is 211 Å². The number of nitrogens with zero attached hydrogens (tertiary/aromatic N) is 5. The van der Waals surface area contributed by atoms with Gasteiger partial charge in [-0.05, 0) is 41.5 Å². The van der Waals surface area contributed by atoms with Gasteiger partial charge in [0.1, 0.15) is 5.82 Å². The molecule has 4 aromatic rings. The Morgan fingerprint density at radius 2 is 1.81 bits per heavy atom. The van der Waals surface area contributed by atoms with E-state index in [0.717, 1.165) is 28.8 Å². The highest BCUT2D eigenvalue weighted by Crippen LogP contribution is 2.25. The molecular formula is C29H33N5O2. The quantitative estimate of drug-likeness (QED) is 0.411. The summed E-state index contributed by atoms with van der Waals surface area (Å²) >= 11 is 0. The van der Waals surface area contributed by atoms with Crippen LogP contribution in [0.15, 0.2) is 53.3 Å². The van der Waals surface area contributed by atoms with Gasteiger partial charge in [0.25, 0.3) is 5.56 Å². The lowest BCUT2D eigenvalue weighted by Crippen LogP contribution is -2.37. The number of rotatable bonds is 7. The van der Waals surface area contributed by atoms with E-state index in [2.05, 4.69) is 23.1 Å². The molecule has 1 N–H and O–H groups in total. The third kappa shape index (κ3) is 4.95. The smallest absolute Gasteiger partial charge is 0.258 e. The van der Waals surface area contributed by atoms with Crippen LogP contribution in [0.3, 0.4) is 0 Å². The number of hydrogen-bond donors (Lipinski definition) is 1. The number of benzene rings is 2. The third-order valence-corrected chi connectivity index (χ3v) is 6.58. The summed E-state index contributed by atoms with van der Waals surface area (Å²) in [5, 5.41) is 24.9. The number of aliphatic hydroxyl groups is 1. The lowest BCUT2D eigenvalue weighted by molar-refractivity contribution is 0.0478. The second-order valence-electron chi connectivity index (χ2n) is 10.4. The Bertz CT molecular complexity index is 1480. The first-order valence-electron chi connectivity index (χ1n) is 12.4. The van der Waals surface area contributed by atoms with Crippen LogP contribution in [0.2, 0.25) is 0 Å². The molecule has 0 spiro atoms. The zero-order valence-corrected chi connectivity index (χ0v) is 21.6. The fourth-order valence-corrected chi connectivity index (χ4v) is 4.39. The maximum atomic E-state index is 13.9. The molecule has 2 heterocycles. The monoisotopic (exact) mass is 483 g/mol. The van der Waals surface area contributed by atoms with Crippen molar-refractivity contribution in [2.24, 2.45) is 5.41 Å². The van der Waals surface area contributed by atoms with Gasteiger partial charge in [0.05, 0.1) is 30.0 Å². The lowest BCUT2D eigenvalue weighted by atomic mass is 9.89. The van der Waals surface area contributed by atoms with Gasteiger partial charge in [0.15, 0.2) is 0 Å². The Kier molecular flexibility index (Phi) is 7.09. The average molecular weight is 484 g/mol. The van der Waals surface area contributed by atoms with Crippen LogP contribution in [0.5, 0.6) is 0 Å². The van der Waals surface area contributed by atoms with Gasteiger partial charge in [0.2, 0.25) is 5.78 Å². The van der Waals surface area contributed by atoms with Crippen LogP contribution < -0.4 is 5.56 Å². The molecule has 2 aromatic heterocycles. The molecule has 4 rings (SSSR count). The van der Waals surface area contributed by atoms with E-state index in [1.807, 2.05) is 76.2 Å². The average Bonchev–Trinajstić information content (AvgIpc) is 3.24. The predicted octanol–water partition coefficient (Wildman–Crippen LogP) is 4.69. The summed E-state index contributed by atoms with van der Waals surface area (Å²) < 4.78 is 3.35. The fourth-order valence-electron chi connectivity index (χ4n) is 4.39. The molecule has 2 aromatic carbocycles. The van der Waals surface area contributed by atoms with Gasteiger partial charge in [-0.15, -0.1) is 0 Å². The molecule has 36 heavy (non-hydrogen) atoms. The summed E-state index contributed by atoms with van der Waals surface area (Å²) in [4.78, 5) is 18.4. The van der Waals surface area contributed by atoms with E-state index in [1.165, 1.54) is 0 Å². The molecule has 0 saturated carbocycles. The van der Waals surface area contributed by atoms with Gasteiger partial charge in [0, 0.05) is 12.0 Å². The van der Waals surface area contributed by atoms with Crippen LogP contribution in [-0.4, -0.2) is 30.4 Å². The highest BCUT2D eigenvalue weighted by Gasteiger charge is 2.26. The minimum Gasteiger partial charge on any atom is -0.391 e. The van der Waals surface area contributed by atoms with Crippen LogP contribution in [0.1, 0.15) is 62.3 Å². The normalized spacial score (nSPS) is 12.6. The van der Waals surface area contributed by atoms with E-state index in [-0.39, 0.29) is 17.5 Å². The van der Waals surface area contributed by atoms with Crippen molar-refractivity contribution in [1.29, 1.82) is 5.26 Å². The maximum absolute atomic E-state index is 13.9. The van der Waals surface area contributed by atoms with Crippen molar-refractivity contribution in [3.05, 3.63) is 87.1 Å². The Balaban J connectivity index is 1.80. The summed E-state index contributed by atoms with van der Waals surface area (Å²) in [5.74, 6) is 1.06. The van der Waals surface area contributed by atoms with Crippen LogP contribution in [0.25, 0.3) is 16.9 Å². The van der Waals surface area contributed by atoms with E-state index in [9.17, 15) is 15.2 Å². The van der Waals surface area contributed by atoms with Crippen LogP contribution >= 0.6 is 0 Å². The van der Waals surface area contributed by atoms with Crippen LogP contribution in [0.4, 0.5) is 0 Å². The second-order valence-corrected chi connectivity index (χ2v) is 10.4. The Morgan fingerprint density at radius 3 is 2.44 bits per heavy atom. The highest BCUT2D eigenvalue weighted by molar-refractivity contribution is 5.70. The minimum absolute atomic E-state index is 0.138. The van der Waals surface area contributed by atoms with Crippen molar-refractivity contribution in [1.82, 2.24) is 19.2 Å². The third-order valence-electron chi connectivity index (χ3n) is 6.58. The molecule has 1 unspecified atom stereocenters. The molecule has 0 saturated heterocycles. The molecule has 0 radical (unpaired) electrons. The molecule has 0 aliphatic carbocycles. The van der Waals surface area contributed by atoms with Crippen molar-refractivity contribution in [3.63, 3.8) is 0 Å². The maximum Gasteiger partial charge on any atom is 0.258 e. The molecule has 0 amide bonds. The molecule has 0 aliphatic rings. The summed E-state index contributed by atoms with van der Waals surface area (Å²) in [6.07, 6.45) is 1.27. The van der Waals surface area contributed by atoms with E-state index >= 15 is 0 Å². The number of hydrogen-bond acceptors (Lipinski definition) is 5. The summed E-state index contributed by atoms with van der Waals surface area (Å²) in [6, 6.07) is 17.8. The van der Waals surface area contributed by atoms with Crippen molar-refractivity contribution in [2.75, 3.05) is 0 Å². The number of nitriles is 1. The lowest BCUT2D eigenvalue weighted by Gasteiger charge is -2.27. The molecule has 1 atom stereocenters. The van der Waals surface area contributed by atoms with Gasteiger partial charge < -0.3 is 5.11 Å². The van der Waals surface area contributed by atoms with E-state index < -0.39 is 6.10 Å². The van der Waals surface area contributed by atoms with Gasteiger partial charge >= 0.3 is 0 Å². The van der Waals surface area contributed by atoms with Gasteiger partial charge in [-0.2, -0.15) is 15.3 Å². The van der Waals surface area contributed by atoms with Crippen LogP contribution in [0, 0.1) is 23.7 Å². The minimum atomic E-state index is -0.722. The molecule has 7 heteroatoms. The van der Waals surface area contributed by atoms with Gasteiger partial charge in [-0.1, -0.05) is 76.6 Å². The first-order valence-corrected chi connectivity index (χ1v) is 12.4. The first-order chi connectivity index (χ1) is 17.1. The van der Waals surface area contributed by atoms with Crippen LogP contribution in [-0.2, 0) is 19.4 Å². The van der Waals surface area contributed by atoms with Gasteiger partial charge in [-0.25, -0.2) is 4.52 Å². The Hall–Kier alpha value is -3.76. The molecule has 0 aliphatic heterocycles. The molecule has 7 nitrogen and oxygen atoms in total. The molecular weight excluding hydrogens is 450 g/mol.